The van der Waals surface area contributed by atoms with Gasteiger partial charge in [-0.15, -0.1) is 0 Å². The van der Waals surface area contributed by atoms with Crippen molar-refractivity contribution in [3.8, 4) is 0 Å². The molecule has 0 spiro atoms. The van der Waals surface area contributed by atoms with E-state index in [1.807, 2.05) is 0 Å². The summed E-state index contributed by atoms with van der Waals surface area (Å²) < 4.78 is 26.4. The van der Waals surface area contributed by atoms with Gasteiger partial charge in [0.2, 0.25) is 0 Å². The average molecular weight is 254 g/mol. The first-order valence-corrected chi connectivity index (χ1v) is 6.74. The van der Waals surface area contributed by atoms with E-state index >= 15 is 0 Å². The van der Waals surface area contributed by atoms with Crippen LogP contribution in [-0.2, 0) is 0 Å². The van der Waals surface area contributed by atoms with E-state index in [0.717, 1.165) is 37.7 Å². The molecule has 1 unspecified atom stereocenters. The molecule has 1 saturated carbocycles. The van der Waals surface area contributed by atoms with E-state index in [2.05, 4.69) is 6.92 Å². The monoisotopic (exact) mass is 254 g/mol. The van der Waals surface area contributed by atoms with Gasteiger partial charge in [0, 0.05) is 11.6 Å². The Morgan fingerprint density at radius 3 is 2.44 bits per heavy atom. The van der Waals surface area contributed by atoms with Crippen molar-refractivity contribution in [2.24, 2.45) is 11.8 Å². The fraction of sp³-hybridized carbons (Fsp3) is 0.600. The highest BCUT2D eigenvalue weighted by Crippen LogP contribution is 2.38. The van der Waals surface area contributed by atoms with Gasteiger partial charge in [-0.25, -0.2) is 8.78 Å². The molecule has 18 heavy (non-hydrogen) atoms. The fourth-order valence-electron chi connectivity index (χ4n) is 2.91. The van der Waals surface area contributed by atoms with Gasteiger partial charge in [0.15, 0.2) is 0 Å². The summed E-state index contributed by atoms with van der Waals surface area (Å²) in [4.78, 5) is 0. The molecule has 3 heteroatoms. The zero-order valence-electron chi connectivity index (χ0n) is 10.7. The third kappa shape index (κ3) is 2.89. The minimum atomic E-state index is -0.802. The minimum absolute atomic E-state index is 0.104. The van der Waals surface area contributed by atoms with E-state index < -0.39 is 17.7 Å². The largest absolute Gasteiger partial charge is 0.388 e. The fourth-order valence-corrected chi connectivity index (χ4v) is 2.91. The number of rotatable bonds is 3. The third-order valence-corrected chi connectivity index (χ3v) is 4.20. The van der Waals surface area contributed by atoms with Gasteiger partial charge in [0.1, 0.15) is 11.6 Å². The maximum atomic E-state index is 13.6. The summed E-state index contributed by atoms with van der Waals surface area (Å²) in [6.45, 7) is 2.18. The standard InChI is InChI=1S/C15H20F2O/c1-2-10-3-5-11(6-4-10)15(18)13-8-7-12(16)9-14(13)17/h7-11,15,18H,2-6H2,1H3. The molecular formula is C15H20F2O. The molecule has 2 rings (SSSR count). The summed E-state index contributed by atoms with van der Waals surface area (Å²) in [6.07, 6.45) is 4.42. The molecule has 0 aromatic heterocycles. The Bertz CT molecular complexity index is 397. The molecule has 0 amide bonds. The van der Waals surface area contributed by atoms with E-state index in [0.29, 0.717) is 0 Å². The molecule has 0 heterocycles. The van der Waals surface area contributed by atoms with Crippen LogP contribution in [0, 0.1) is 23.5 Å². The van der Waals surface area contributed by atoms with Crippen molar-refractivity contribution in [1.29, 1.82) is 0 Å². The van der Waals surface area contributed by atoms with Crippen LogP contribution in [0.5, 0.6) is 0 Å². The van der Waals surface area contributed by atoms with Crippen LogP contribution in [0.4, 0.5) is 8.78 Å². The summed E-state index contributed by atoms with van der Waals surface area (Å²) in [5.41, 5.74) is 0.233. The van der Waals surface area contributed by atoms with Gasteiger partial charge in [0.25, 0.3) is 0 Å². The second kappa shape index (κ2) is 5.79. The third-order valence-electron chi connectivity index (χ3n) is 4.20. The van der Waals surface area contributed by atoms with E-state index in [1.54, 1.807) is 0 Å². The predicted molar refractivity (Wildman–Crippen MR) is 67.1 cm³/mol. The highest BCUT2D eigenvalue weighted by atomic mass is 19.1. The lowest BCUT2D eigenvalue weighted by Crippen LogP contribution is -2.21. The van der Waals surface area contributed by atoms with Gasteiger partial charge in [0.05, 0.1) is 6.10 Å². The first-order chi connectivity index (χ1) is 8.61. The maximum absolute atomic E-state index is 13.6. The number of benzene rings is 1. The van der Waals surface area contributed by atoms with Crippen LogP contribution >= 0.6 is 0 Å². The molecule has 1 aromatic carbocycles. The number of hydrogen-bond donors (Lipinski definition) is 1. The summed E-state index contributed by atoms with van der Waals surface area (Å²) in [6, 6.07) is 3.41. The Morgan fingerprint density at radius 2 is 1.89 bits per heavy atom. The van der Waals surface area contributed by atoms with Gasteiger partial charge in [-0.1, -0.05) is 32.3 Å². The average Bonchev–Trinajstić information content (AvgIpc) is 2.38. The second-order valence-corrected chi connectivity index (χ2v) is 5.30. The quantitative estimate of drug-likeness (QED) is 0.856. The molecule has 1 aliphatic rings. The first-order valence-electron chi connectivity index (χ1n) is 6.74. The molecule has 1 atom stereocenters. The van der Waals surface area contributed by atoms with Gasteiger partial charge >= 0.3 is 0 Å². The Balaban J connectivity index is 2.05. The van der Waals surface area contributed by atoms with Crippen molar-refractivity contribution in [2.75, 3.05) is 0 Å². The normalized spacial score (nSPS) is 26.0. The van der Waals surface area contributed by atoms with E-state index in [4.69, 9.17) is 0 Å². The molecule has 1 aliphatic carbocycles. The van der Waals surface area contributed by atoms with Crippen molar-refractivity contribution >= 4 is 0 Å². The van der Waals surface area contributed by atoms with Crippen LogP contribution in [-0.4, -0.2) is 5.11 Å². The van der Waals surface area contributed by atoms with Crippen molar-refractivity contribution in [1.82, 2.24) is 0 Å². The lowest BCUT2D eigenvalue weighted by molar-refractivity contribution is 0.0700. The lowest BCUT2D eigenvalue weighted by atomic mass is 9.77. The number of halogens is 2. The number of aliphatic hydroxyl groups excluding tert-OH is 1. The first kappa shape index (κ1) is 13.5. The maximum Gasteiger partial charge on any atom is 0.131 e. The summed E-state index contributed by atoms with van der Waals surface area (Å²) in [5.74, 6) is -0.391. The smallest absolute Gasteiger partial charge is 0.131 e. The minimum Gasteiger partial charge on any atom is -0.388 e. The van der Waals surface area contributed by atoms with Crippen molar-refractivity contribution in [3.63, 3.8) is 0 Å². The highest BCUT2D eigenvalue weighted by Gasteiger charge is 2.28. The van der Waals surface area contributed by atoms with E-state index in [-0.39, 0.29) is 11.5 Å². The van der Waals surface area contributed by atoms with Crippen LogP contribution < -0.4 is 0 Å². The SMILES string of the molecule is CCC1CCC(C(O)c2ccc(F)cc2F)CC1. The highest BCUT2D eigenvalue weighted by molar-refractivity contribution is 5.21. The van der Waals surface area contributed by atoms with Crippen LogP contribution in [0.3, 0.4) is 0 Å². The molecule has 1 fully saturated rings. The Kier molecular flexibility index (Phi) is 4.33. The molecule has 1 aromatic rings. The van der Waals surface area contributed by atoms with Gasteiger partial charge in [-0.2, -0.15) is 0 Å². The Labute approximate surface area is 107 Å². The van der Waals surface area contributed by atoms with Gasteiger partial charge in [-0.05, 0) is 30.7 Å². The summed E-state index contributed by atoms with van der Waals surface area (Å²) in [5, 5.41) is 10.2. The van der Waals surface area contributed by atoms with Crippen molar-refractivity contribution in [3.05, 3.63) is 35.4 Å². The molecule has 1 N–H and O–H groups in total. The number of aliphatic hydroxyl groups is 1. The molecule has 1 nitrogen and oxygen atoms in total. The van der Waals surface area contributed by atoms with Gasteiger partial charge in [-0.3, -0.25) is 0 Å². The summed E-state index contributed by atoms with van der Waals surface area (Å²) >= 11 is 0. The Morgan fingerprint density at radius 1 is 1.22 bits per heavy atom. The molecule has 0 bridgehead atoms. The zero-order valence-corrected chi connectivity index (χ0v) is 10.7. The Hall–Kier alpha value is -0.960. The molecular weight excluding hydrogens is 234 g/mol. The molecule has 0 aliphatic heterocycles. The van der Waals surface area contributed by atoms with Crippen LogP contribution in [0.15, 0.2) is 18.2 Å². The van der Waals surface area contributed by atoms with Gasteiger partial charge < -0.3 is 5.11 Å². The van der Waals surface area contributed by atoms with E-state index in [9.17, 15) is 13.9 Å². The molecule has 0 saturated heterocycles. The van der Waals surface area contributed by atoms with E-state index in [1.165, 1.54) is 18.6 Å². The summed E-state index contributed by atoms with van der Waals surface area (Å²) in [7, 11) is 0. The molecule has 0 radical (unpaired) electrons. The van der Waals surface area contributed by atoms with Crippen LogP contribution in [0.1, 0.15) is 50.7 Å². The predicted octanol–water partition coefficient (Wildman–Crippen LogP) is 4.21. The van der Waals surface area contributed by atoms with Crippen LogP contribution in [0.2, 0.25) is 0 Å². The number of hydrogen-bond acceptors (Lipinski definition) is 1. The van der Waals surface area contributed by atoms with Crippen LogP contribution in [0.25, 0.3) is 0 Å². The van der Waals surface area contributed by atoms with Crippen molar-refractivity contribution < 1.29 is 13.9 Å². The van der Waals surface area contributed by atoms with Crippen molar-refractivity contribution in [2.45, 2.75) is 45.1 Å². The lowest BCUT2D eigenvalue weighted by Gasteiger charge is -2.31. The topological polar surface area (TPSA) is 20.2 Å². The zero-order chi connectivity index (χ0) is 13.1. The molecule has 100 valence electrons. The second-order valence-electron chi connectivity index (χ2n) is 5.30.